The van der Waals surface area contributed by atoms with Crippen LogP contribution in [0.2, 0.25) is 5.02 Å². The van der Waals surface area contributed by atoms with Crippen molar-refractivity contribution in [3.05, 3.63) is 61.9 Å². The fourth-order valence-corrected chi connectivity index (χ4v) is 4.37. The van der Waals surface area contributed by atoms with E-state index in [9.17, 15) is 9.59 Å². The van der Waals surface area contributed by atoms with Crippen molar-refractivity contribution >= 4 is 56.5 Å². The van der Waals surface area contributed by atoms with E-state index in [4.69, 9.17) is 21.1 Å². The van der Waals surface area contributed by atoms with Crippen molar-refractivity contribution in [3.63, 3.8) is 0 Å². The third-order valence-corrected chi connectivity index (χ3v) is 5.86. The Bertz CT molecular complexity index is 963. The van der Waals surface area contributed by atoms with Crippen molar-refractivity contribution in [2.75, 3.05) is 13.7 Å². The maximum Gasteiger partial charge on any atom is 0.293 e. The summed E-state index contributed by atoms with van der Waals surface area (Å²) in [6, 6.07) is 10.7. The number of amides is 2. The molecule has 2 amide bonds. The normalized spacial score (nSPS) is 15.4. The molecule has 0 radical (unpaired) electrons. The lowest BCUT2D eigenvalue weighted by molar-refractivity contribution is -0.123. The highest BCUT2D eigenvalue weighted by Crippen LogP contribution is 2.39. The molecule has 0 N–H and O–H groups in total. The Kier molecular flexibility index (Phi) is 6.69. The Morgan fingerprint density at radius 2 is 2.00 bits per heavy atom. The van der Waals surface area contributed by atoms with Crippen molar-refractivity contribution in [3.8, 4) is 11.5 Å². The number of thioether (sulfide) groups is 1. The number of nitrogens with zero attached hydrogens (tertiary/aromatic N) is 1. The molecule has 1 fully saturated rings. The second-order valence-electron chi connectivity index (χ2n) is 5.83. The number of carbonyl (C=O) groups is 2. The number of hydrogen-bond acceptors (Lipinski definition) is 5. The highest BCUT2D eigenvalue weighted by atomic mass is 79.9. The number of methoxy groups -OCH3 is 1. The van der Waals surface area contributed by atoms with Crippen LogP contribution in [-0.4, -0.2) is 29.8 Å². The molecule has 0 atom stereocenters. The number of halogens is 2. The van der Waals surface area contributed by atoms with Crippen molar-refractivity contribution in [2.45, 2.75) is 13.5 Å². The predicted molar refractivity (Wildman–Crippen MR) is 115 cm³/mol. The van der Waals surface area contributed by atoms with Crippen LogP contribution in [0.1, 0.15) is 18.1 Å². The van der Waals surface area contributed by atoms with Gasteiger partial charge >= 0.3 is 0 Å². The van der Waals surface area contributed by atoms with Crippen LogP contribution in [0.15, 0.2) is 45.8 Å². The van der Waals surface area contributed by atoms with Crippen LogP contribution in [0.4, 0.5) is 4.79 Å². The maximum atomic E-state index is 12.8. The van der Waals surface area contributed by atoms with Crippen LogP contribution in [-0.2, 0) is 11.3 Å². The van der Waals surface area contributed by atoms with E-state index in [0.717, 1.165) is 22.9 Å². The van der Waals surface area contributed by atoms with E-state index in [0.29, 0.717) is 32.5 Å². The van der Waals surface area contributed by atoms with Crippen LogP contribution in [0.3, 0.4) is 0 Å². The average molecular weight is 483 g/mol. The molecule has 0 saturated carbocycles. The van der Waals surface area contributed by atoms with Gasteiger partial charge in [-0.15, -0.1) is 0 Å². The van der Waals surface area contributed by atoms with E-state index in [1.807, 2.05) is 19.1 Å². The predicted octanol–water partition coefficient (Wildman–Crippen LogP) is 5.75. The van der Waals surface area contributed by atoms with E-state index in [1.165, 1.54) is 4.90 Å². The number of imide groups is 1. The first-order valence-corrected chi connectivity index (χ1v) is 10.4. The number of carbonyl (C=O) groups excluding carboxylic acids is 2. The molecule has 0 spiro atoms. The second-order valence-corrected chi connectivity index (χ2v) is 8.08. The lowest BCUT2D eigenvalue weighted by Crippen LogP contribution is -2.27. The molecule has 146 valence electrons. The summed E-state index contributed by atoms with van der Waals surface area (Å²) in [7, 11) is 1.56. The molecular weight excluding hydrogens is 466 g/mol. The summed E-state index contributed by atoms with van der Waals surface area (Å²) in [4.78, 5) is 26.7. The molecule has 1 aliphatic rings. The Morgan fingerprint density at radius 3 is 2.68 bits per heavy atom. The first kappa shape index (κ1) is 20.8. The molecule has 0 aromatic heterocycles. The molecule has 0 bridgehead atoms. The van der Waals surface area contributed by atoms with E-state index < -0.39 is 0 Å². The van der Waals surface area contributed by atoms with Gasteiger partial charge in [0.05, 0.1) is 29.6 Å². The average Bonchev–Trinajstić information content (AvgIpc) is 2.91. The zero-order chi connectivity index (χ0) is 20.3. The summed E-state index contributed by atoms with van der Waals surface area (Å²) in [6.07, 6.45) is 1.67. The van der Waals surface area contributed by atoms with E-state index >= 15 is 0 Å². The smallest absolute Gasteiger partial charge is 0.293 e. The summed E-state index contributed by atoms with van der Waals surface area (Å²) in [5.74, 6) is 0.784. The Balaban J connectivity index is 1.88. The number of benzene rings is 2. The highest BCUT2D eigenvalue weighted by Gasteiger charge is 2.35. The molecule has 1 aliphatic heterocycles. The number of hydrogen-bond donors (Lipinski definition) is 0. The van der Waals surface area contributed by atoms with Crippen molar-refractivity contribution in [2.24, 2.45) is 0 Å². The van der Waals surface area contributed by atoms with E-state index in [1.54, 1.807) is 37.5 Å². The number of rotatable bonds is 6. The maximum absolute atomic E-state index is 12.8. The van der Waals surface area contributed by atoms with E-state index in [2.05, 4.69) is 15.9 Å². The molecule has 28 heavy (non-hydrogen) atoms. The van der Waals surface area contributed by atoms with Crippen molar-refractivity contribution in [1.29, 1.82) is 0 Å². The Labute approximate surface area is 180 Å². The standard InChI is InChI=1S/C20H17BrClNO4S/c1-3-27-16-9-12(8-14(21)18(16)26-2)10-17-19(24)23(20(25)28-17)11-13-6-4-5-7-15(13)22/h4-10H,3,11H2,1-2H3/b17-10-. The lowest BCUT2D eigenvalue weighted by atomic mass is 10.1. The quantitative estimate of drug-likeness (QED) is 0.491. The third-order valence-electron chi connectivity index (χ3n) is 3.99. The van der Waals surface area contributed by atoms with Gasteiger partial charge in [-0.25, -0.2) is 0 Å². The molecule has 0 aliphatic carbocycles. The van der Waals surface area contributed by atoms with Gasteiger partial charge in [-0.1, -0.05) is 29.8 Å². The zero-order valence-corrected chi connectivity index (χ0v) is 18.4. The fraction of sp³-hybridized carbons (Fsp3) is 0.200. The van der Waals surface area contributed by atoms with Crippen molar-refractivity contribution in [1.82, 2.24) is 4.90 Å². The molecule has 5 nitrogen and oxygen atoms in total. The first-order valence-electron chi connectivity index (χ1n) is 8.43. The molecule has 3 rings (SSSR count). The molecule has 1 saturated heterocycles. The monoisotopic (exact) mass is 481 g/mol. The summed E-state index contributed by atoms with van der Waals surface area (Å²) in [6.45, 7) is 2.48. The minimum Gasteiger partial charge on any atom is -0.492 e. The summed E-state index contributed by atoms with van der Waals surface area (Å²) >= 11 is 10.5. The van der Waals surface area contributed by atoms with Gasteiger partial charge in [-0.05, 0) is 70.0 Å². The second kappa shape index (κ2) is 9.03. The van der Waals surface area contributed by atoms with Gasteiger partial charge in [0.25, 0.3) is 11.1 Å². The number of ether oxygens (including phenoxy) is 2. The molecule has 2 aromatic rings. The molecule has 8 heteroatoms. The lowest BCUT2D eigenvalue weighted by Gasteiger charge is -2.13. The first-order chi connectivity index (χ1) is 13.4. The fourth-order valence-electron chi connectivity index (χ4n) is 2.72. The molecule has 2 aromatic carbocycles. The highest BCUT2D eigenvalue weighted by molar-refractivity contribution is 9.10. The summed E-state index contributed by atoms with van der Waals surface area (Å²) < 4.78 is 11.7. The molecular formula is C20H17BrClNO4S. The Morgan fingerprint density at radius 1 is 1.25 bits per heavy atom. The molecule has 0 unspecified atom stereocenters. The summed E-state index contributed by atoms with van der Waals surface area (Å²) in [5, 5.41) is 0.194. The minimum atomic E-state index is -0.347. The SMILES string of the molecule is CCOc1cc(/C=C2\SC(=O)N(Cc3ccccc3Cl)C2=O)cc(Br)c1OC. The topological polar surface area (TPSA) is 55.8 Å². The van der Waals surface area contributed by atoms with Gasteiger partial charge in [-0.2, -0.15) is 0 Å². The van der Waals surface area contributed by atoms with Crippen LogP contribution in [0, 0.1) is 0 Å². The van der Waals surface area contributed by atoms with Gasteiger partial charge in [0.2, 0.25) is 0 Å². The molecule has 1 heterocycles. The van der Waals surface area contributed by atoms with Gasteiger partial charge in [0, 0.05) is 5.02 Å². The van der Waals surface area contributed by atoms with Crippen LogP contribution in [0.25, 0.3) is 6.08 Å². The van der Waals surface area contributed by atoms with Crippen LogP contribution in [0.5, 0.6) is 11.5 Å². The Hall–Kier alpha value is -1.96. The largest absolute Gasteiger partial charge is 0.492 e. The van der Waals surface area contributed by atoms with Crippen LogP contribution >= 0.6 is 39.3 Å². The van der Waals surface area contributed by atoms with Gasteiger partial charge in [0.15, 0.2) is 11.5 Å². The van der Waals surface area contributed by atoms with Crippen LogP contribution < -0.4 is 9.47 Å². The van der Waals surface area contributed by atoms with Gasteiger partial charge in [0.1, 0.15) is 0 Å². The zero-order valence-electron chi connectivity index (χ0n) is 15.2. The van der Waals surface area contributed by atoms with E-state index in [-0.39, 0.29) is 17.7 Å². The van der Waals surface area contributed by atoms with Crippen molar-refractivity contribution < 1.29 is 19.1 Å². The minimum absolute atomic E-state index is 0.137. The van der Waals surface area contributed by atoms with Gasteiger partial charge in [-0.3, -0.25) is 14.5 Å². The summed E-state index contributed by atoms with van der Waals surface area (Å²) in [5.41, 5.74) is 1.44. The van der Waals surface area contributed by atoms with Gasteiger partial charge < -0.3 is 9.47 Å². The third kappa shape index (κ3) is 4.37.